The summed E-state index contributed by atoms with van der Waals surface area (Å²) in [5, 5.41) is 2.44. The lowest BCUT2D eigenvalue weighted by Gasteiger charge is -2.09. The van der Waals surface area contributed by atoms with Gasteiger partial charge in [0.15, 0.2) is 0 Å². The van der Waals surface area contributed by atoms with Gasteiger partial charge in [0.05, 0.1) is 6.61 Å². The highest BCUT2D eigenvalue weighted by atomic mass is 32.1. The standard InChI is InChI=1S/C20H23NOS/c1-16-15-21-23-20(16)13-4-2-3-7-14-22-19-12-8-10-17-9-5-6-11-18(17)19/h5-6,8-12,15H,2-4,7,13-14H2,1H3. The summed E-state index contributed by atoms with van der Waals surface area (Å²) in [5.41, 5.74) is 1.34. The van der Waals surface area contributed by atoms with Crippen molar-refractivity contribution in [2.24, 2.45) is 0 Å². The second-order valence-corrected chi connectivity index (χ2v) is 6.81. The molecule has 0 N–H and O–H groups in total. The molecule has 1 heterocycles. The fourth-order valence-corrected chi connectivity index (χ4v) is 3.57. The van der Waals surface area contributed by atoms with E-state index in [4.69, 9.17) is 4.74 Å². The van der Waals surface area contributed by atoms with E-state index >= 15 is 0 Å². The first kappa shape index (κ1) is 16.0. The minimum absolute atomic E-state index is 0.799. The van der Waals surface area contributed by atoms with E-state index in [1.807, 2.05) is 6.20 Å². The second kappa shape index (κ2) is 8.11. The molecule has 0 bridgehead atoms. The first-order chi connectivity index (χ1) is 11.3. The fraction of sp³-hybridized carbons (Fsp3) is 0.350. The summed E-state index contributed by atoms with van der Waals surface area (Å²) in [4.78, 5) is 1.44. The van der Waals surface area contributed by atoms with Gasteiger partial charge in [-0.15, -0.1) is 0 Å². The van der Waals surface area contributed by atoms with Gasteiger partial charge in [-0.05, 0) is 54.7 Å². The van der Waals surface area contributed by atoms with Crippen molar-refractivity contribution in [1.29, 1.82) is 0 Å². The summed E-state index contributed by atoms with van der Waals surface area (Å²) in [5.74, 6) is 1.00. The van der Waals surface area contributed by atoms with Crippen LogP contribution in [0, 0.1) is 6.92 Å². The maximum Gasteiger partial charge on any atom is 0.127 e. The summed E-state index contributed by atoms with van der Waals surface area (Å²) in [6.07, 6.45) is 7.99. The molecule has 0 radical (unpaired) electrons. The van der Waals surface area contributed by atoms with E-state index < -0.39 is 0 Å². The molecule has 0 aliphatic rings. The minimum Gasteiger partial charge on any atom is -0.493 e. The molecule has 0 aliphatic carbocycles. The Morgan fingerprint density at radius 2 is 1.78 bits per heavy atom. The molecule has 0 saturated carbocycles. The highest BCUT2D eigenvalue weighted by Crippen LogP contribution is 2.25. The smallest absolute Gasteiger partial charge is 0.127 e. The third-order valence-electron chi connectivity index (χ3n) is 4.15. The van der Waals surface area contributed by atoms with Crippen LogP contribution in [0.5, 0.6) is 5.75 Å². The van der Waals surface area contributed by atoms with Crippen molar-refractivity contribution in [3.8, 4) is 5.75 Å². The summed E-state index contributed by atoms with van der Waals surface area (Å²) < 4.78 is 10.2. The van der Waals surface area contributed by atoms with E-state index in [1.54, 1.807) is 11.5 Å². The summed E-state index contributed by atoms with van der Waals surface area (Å²) in [7, 11) is 0. The highest BCUT2D eigenvalue weighted by molar-refractivity contribution is 7.05. The van der Waals surface area contributed by atoms with Crippen LogP contribution in [-0.2, 0) is 6.42 Å². The van der Waals surface area contributed by atoms with Gasteiger partial charge in [-0.1, -0.05) is 49.2 Å². The van der Waals surface area contributed by atoms with Gasteiger partial charge in [0.25, 0.3) is 0 Å². The van der Waals surface area contributed by atoms with Gasteiger partial charge in [0.2, 0.25) is 0 Å². The van der Waals surface area contributed by atoms with Crippen LogP contribution in [0.15, 0.2) is 48.7 Å². The zero-order valence-corrected chi connectivity index (χ0v) is 14.4. The van der Waals surface area contributed by atoms with Crippen molar-refractivity contribution in [2.45, 2.75) is 39.0 Å². The molecule has 0 atom stereocenters. The van der Waals surface area contributed by atoms with Crippen LogP contribution in [0.3, 0.4) is 0 Å². The quantitative estimate of drug-likeness (QED) is 0.489. The van der Waals surface area contributed by atoms with Crippen molar-refractivity contribution in [2.75, 3.05) is 6.61 Å². The molecule has 3 rings (SSSR count). The summed E-state index contributed by atoms with van der Waals surface area (Å²) >= 11 is 1.64. The molecule has 0 aliphatic heterocycles. The van der Waals surface area contributed by atoms with E-state index in [0.717, 1.165) is 18.8 Å². The number of aryl methyl sites for hydroxylation is 2. The topological polar surface area (TPSA) is 22.1 Å². The SMILES string of the molecule is Cc1cnsc1CCCCCCOc1cccc2ccccc12. The molecular weight excluding hydrogens is 302 g/mol. The number of ether oxygens (including phenoxy) is 1. The number of hydrogen-bond donors (Lipinski definition) is 0. The Labute approximate surface area is 142 Å². The van der Waals surface area contributed by atoms with E-state index in [-0.39, 0.29) is 0 Å². The van der Waals surface area contributed by atoms with Crippen LogP contribution in [-0.4, -0.2) is 11.0 Å². The average molecular weight is 325 g/mol. The van der Waals surface area contributed by atoms with Crippen LogP contribution < -0.4 is 4.74 Å². The van der Waals surface area contributed by atoms with Gasteiger partial charge in [-0.2, -0.15) is 0 Å². The van der Waals surface area contributed by atoms with Gasteiger partial charge in [-0.25, -0.2) is 4.37 Å². The maximum atomic E-state index is 5.98. The third-order valence-corrected chi connectivity index (χ3v) is 5.11. The number of rotatable bonds is 8. The molecule has 2 aromatic carbocycles. The first-order valence-corrected chi connectivity index (χ1v) is 9.12. The number of hydrogen-bond acceptors (Lipinski definition) is 3. The second-order valence-electron chi connectivity index (χ2n) is 5.92. The predicted octanol–water partition coefficient (Wildman–Crippen LogP) is 5.79. The van der Waals surface area contributed by atoms with Crippen molar-refractivity contribution >= 4 is 22.3 Å². The van der Waals surface area contributed by atoms with Gasteiger partial charge in [0.1, 0.15) is 5.75 Å². The van der Waals surface area contributed by atoms with Crippen molar-refractivity contribution < 1.29 is 4.74 Å². The Morgan fingerprint density at radius 1 is 0.957 bits per heavy atom. The van der Waals surface area contributed by atoms with E-state index in [9.17, 15) is 0 Å². The number of nitrogens with zero attached hydrogens (tertiary/aromatic N) is 1. The molecular formula is C20H23NOS. The normalized spacial score (nSPS) is 11.0. The fourth-order valence-electron chi connectivity index (χ4n) is 2.80. The molecule has 0 saturated heterocycles. The predicted molar refractivity (Wildman–Crippen MR) is 98.5 cm³/mol. The molecule has 120 valence electrons. The van der Waals surface area contributed by atoms with Crippen LogP contribution in [0.1, 0.15) is 36.1 Å². The van der Waals surface area contributed by atoms with Crippen LogP contribution in [0.2, 0.25) is 0 Å². The average Bonchev–Trinajstić information content (AvgIpc) is 2.99. The van der Waals surface area contributed by atoms with Gasteiger partial charge in [0, 0.05) is 16.5 Å². The largest absolute Gasteiger partial charge is 0.493 e. The number of aromatic nitrogens is 1. The Kier molecular flexibility index (Phi) is 5.65. The molecule has 2 nitrogen and oxygen atoms in total. The minimum atomic E-state index is 0.799. The van der Waals surface area contributed by atoms with E-state index in [1.165, 1.54) is 46.9 Å². The summed E-state index contributed by atoms with van der Waals surface area (Å²) in [6, 6.07) is 14.6. The Hall–Kier alpha value is -1.87. The molecule has 0 fully saturated rings. The van der Waals surface area contributed by atoms with E-state index in [0.29, 0.717) is 0 Å². The number of unbranched alkanes of at least 4 members (excludes halogenated alkanes) is 3. The molecule has 23 heavy (non-hydrogen) atoms. The molecule has 3 aromatic rings. The van der Waals surface area contributed by atoms with Crippen molar-refractivity contribution in [3.63, 3.8) is 0 Å². The Balaban J connectivity index is 1.37. The number of fused-ring (bicyclic) bond motifs is 1. The van der Waals surface area contributed by atoms with Crippen LogP contribution >= 0.6 is 11.5 Å². The van der Waals surface area contributed by atoms with Crippen molar-refractivity contribution in [1.82, 2.24) is 4.37 Å². The van der Waals surface area contributed by atoms with Crippen LogP contribution in [0.25, 0.3) is 10.8 Å². The molecule has 0 spiro atoms. The lowest BCUT2D eigenvalue weighted by molar-refractivity contribution is 0.308. The van der Waals surface area contributed by atoms with Crippen LogP contribution in [0.4, 0.5) is 0 Å². The lowest BCUT2D eigenvalue weighted by Crippen LogP contribution is -1.98. The zero-order chi connectivity index (χ0) is 15.9. The van der Waals surface area contributed by atoms with E-state index in [2.05, 4.69) is 53.8 Å². The highest BCUT2D eigenvalue weighted by Gasteiger charge is 2.02. The van der Waals surface area contributed by atoms with Crippen molar-refractivity contribution in [3.05, 3.63) is 59.1 Å². The molecule has 1 aromatic heterocycles. The maximum absolute atomic E-state index is 5.98. The van der Waals surface area contributed by atoms with Gasteiger partial charge in [-0.3, -0.25) is 0 Å². The Morgan fingerprint density at radius 3 is 2.65 bits per heavy atom. The van der Waals surface area contributed by atoms with Gasteiger partial charge >= 0.3 is 0 Å². The third kappa shape index (κ3) is 4.32. The molecule has 3 heteroatoms. The summed E-state index contributed by atoms with van der Waals surface area (Å²) in [6.45, 7) is 2.95. The van der Waals surface area contributed by atoms with Gasteiger partial charge < -0.3 is 4.74 Å². The monoisotopic (exact) mass is 325 g/mol. The lowest BCUT2D eigenvalue weighted by atomic mass is 10.1. The molecule has 0 unspecified atom stereocenters. The molecule has 0 amide bonds. The first-order valence-electron chi connectivity index (χ1n) is 8.35. The number of benzene rings is 2. The zero-order valence-electron chi connectivity index (χ0n) is 13.6. The Bertz CT molecular complexity index is 745.